The van der Waals surface area contributed by atoms with Gasteiger partial charge in [-0.3, -0.25) is 9.78 Å². The Kier molecular flexibility index (Phi) is 5.28. The summed E-state index contributed by atoms with van der Waals surface area (Å²) in [6.07, 6.45) is 7.67. The SMILES string of the molecule is O=C(N[C@@H]1COCC[C@@H]1OCC1CCC1)c1cncc(Cl)c1. The van der Waals surface area contributed by atoms with Crippen LogP contribution in [0.3, 0.4) is 0 Å². The van der Waals surface area contributed by atoms with Crippen LogP contribution in [0.4, 0.5) is 0 Å². The van der Waals surface area contributed by atoms with Gasteiger partial charge < -0.3 is 14.8 Å². The molecule has 2 aliphatic rings. The molecule has 1 aromatic heterocycles. The van der Waals surface area contributed by atoms with Crippen LogP contribution in [0.5, 0.6) is 0 Å². The fraction of sp³-hybridized carbons (Fsp3) is 0.625. The summed E-state index contributed by atoms with van der Waals surface area (Å²) >= 11 is 5.88. The van der Waals surface area contributed by atoms with Gasteiger partial charge in [-0.25, -0.2) is 0 Å². The lowest BCUT2D eigenvalue weighted by atomic mass is 9.86. The van der Waals surface area contributed by atoms with E-state index < -0.39 is 0 Å². The lowest BCUT2D eigenvalue weighted by Gasteiger charge is -2.34. The molecule has 0 unspecified atom stereocenters. The molecule has 0 spiro atoms. The van der Waals surface area contributed by atoms with Crippen LogP contribution >= 0.6 is 11.6 Å². The monoisotopic (exact) mass is 324 g/mol. The second-order valence-corrected chi connectivity index (χ2v) is 6.44. The number of halogens is 1. The summed E-state index contributed by atoms with van der Waals surface area (Å²) in [6.45, 7) is 1.95. The van der Waals surface area contributed by atoms with E-state index in [1.165, 1.54) is 31.7 Å². The zero-order chi connectivity index (χ0) is 15.4. The van der Waals surface area contributed by atoms with Crippen LogP contribution in [0, 0.1) is 5.92 Å². The number of hydrogen-bond donors (Lipinski definition) is 1. The molecule has 1 saturated carbocycles. The van der Waals surface area contributed by atoms with Crippen molar-refractivity contribution in [3.05, 3.63) is 29.0 Å². The van der Waals surface area contributed by atoms with Crippen molar-refractivity contribution in [2.45, 2.75) is 37.8 Å². The molecule has 0 bridgehead atoms. The molecular weight excluding hydrogens is 304 g/mol. The summed E-state index contributed by atoms with van der Waals surface area (Å²) in [5.74, 6) is 0.499. The van der Waals surface area contributed by atoms with Crippen molar-refractivity contribution in [1.82, 2.24) is 10.3 Å². The minimum atomic E-state index is -0.192. The molecule has 2 atom stereocenters. The predicted octanol–water partition coefficient (Wildman–Crippen LogP) is 2.44. The van der Waals surface area contributed by atoms with E-state index in [4.69, 9.17) is 21.1 Å². The van der Waals surface area contributed by atoms with Crippen LogP contribution < -0.4 is 5.32 Å². The molecule has 1 aliphatic carbocycles. The van der Waals surface area contributed by atoms with Gasteiger partial charge in [0.2, 0.25) is 0 Å². The number of ether oxygens (including phenoxy) is 2. The van der Waals surface area contributed by atoms with Crippen molar-refractivity contribution in [1.29, 1.82) is 0 Å². The number of hydrogen-bond acceptors (Lipinski definition) is 4. The zero-order valence-electron chi connectivity index (χ0n) is 12.5. The maximum absolute atomic E-state index is 12.3. The molecule has 0 aromatic carbocycles. The molecule has 2 fully saturated rings. The van der Waals surface area contributed by atoms with Crippen LogP contribution in [-0.4, -0.2) is 42.9 Å². The average Bonchev–Trinajstić information content (AvgIpc) is 2.47. The number of nitrogens with zero attached hydrogens (tertiary/aromatic N) is 1. The molecule has 6 heteroatoms. The number of carbonyl (C=O) groups excluding carboxylic acids is 1. The van der Waals surface area contributed by atoms with Gasteiger partial charge in [0.15, 0.2) is 0 Å². The molecule has 1 amide bonds. The first-order valence-electron chi connectivity index (χ1n) is 7.83. The molecule has 1 N–H and O–H groups in total. The molecule has 3 rings (SSSR count). The Morgan fingerprint density at radius 3 is 3.00 bits per heavy atom. The van der Waals surface area contributed by atoms with Gasteiger partial charge in [-0.05, 0) is 31.2 Å². The van der Waals surface area contributed by atoms with Gasteiger partial charge in [-0.2, -0.15) is 0 Å². The first-order valence-corrected chi connectivity index (χ1v) is 8.21. The largest absolute Gasteiger partial charge is 0.379 e. The molecule has 120 valence electrons. The number of amides is 1. The van der Waals surface area contributed by atoms with E-state index in [1.807, 2.05) is 0 Å². The van der Waals surface area contributed by atoms with Crippen LogP contribution in [0.25, 0.3) is 0 Å². The van der Waals surface area contributed by atoms with Crippen LogP contribution in [0.1, 0.15) is 36.0 Å². The highest BCUT2D eigenvalue weighted by Gasteiger charge is 2.30. The van der Waals surface area contributed by atoms with E-state index in [1.54, 1.807) is 6.07 Å². The lowest BCUT2D eigenvalue weighted by Crippen LogP contribution is -2.51. The Morgan fingerprint density at radius 2 is 2.27 bits per heavy atom. The molecule has 1 aromatic rings. The fourth-order valence-electron chi connectivity index (χ4n) is 2.76. The van der Waals surface area contributed by atoms with Crippen molar-refractivity contribution in [3.8, 4) is 0 Å². The van der Waals surface area contributed by atoms with Crippen molar-refractivity contribution in [2.75, 3.05) is 19.8 Å². The number of aromatic nitrogens is 1. The van der Waals surface area contributed by atoms with Gasteiger partial charge in [0.05, 0.1) is 29.3 Å². The molecule has 0 radical (unpaired) electrons. The van der Waals surface area contributed by atoms with E-state index in [0.29, 0.717) is 29.7 Å². The third-order valence-corrected chi connectivity index (χ3v) is 4.55. The minimum Gasteiger partial charge on any atom is -0.379 e. The molecule has 22 heavy (non-hydrogen) atoms. The number of pyridine rings is 1. The van der Waals surface area contributed by atoms with E-state index >= 15 is 0 Å². The van der Waals surface area contributed by atoms with Crippen molar-refractivity contribution >= 4 is 17.5 Å². The maximum atomic E-state index is 12.3. The van der Waals surface area contributed by atoms with Crippen molar-refractivity contribution in [3.63, 3.8) is 0 Å². The van der Waals surface area contributed by atoms with Gasteiger partial charge in [-0.15, -0.1) is 0 Å². The second kappa shape index (κ2) is 7.40. The molecule has 1 saturated heterocycles. The third kappa shape index (κ3) is 3.97. The summed E-state index contributed by atoms with van der Waals surface area (Å²) in [6, 6.07) is 1.48. The van der Waals surface area contributed by atoms with Crippen molar-refractivity contribution < 1.29 is 14.3 Å². The fourth-order valence-corrected chi connectivity index (χ4v) is 2.93. The highest BCUT2D eigenvalue weighted by atomic mass is 35.5. The smallest absolute Gasteiger partial charge is 0.253 e. The average molecular weight is 325 g/mol. The second-order valence-electron chi connectivity index (χ2n) is 6.00. The lowest BCUT2D eigenvalue weighted by molar-refractivity contribution is -0.0696. The topological polar surface area (TPSA) is 60.5 Å². The van der Waals surface area contributed by atoms with Crippen LogP contribution in [0.2, 0.25) is 5.02 Å². The van der Waals surface area contributed by atoms with Crippen molar-refractivity contribution in [2.24, 2.45) is 5.92 Å². The standard InChI is InChI=1S/C16H21ClN2O3/c17-13-6-12(7-18-8-13)16(20)19-14-10-21-5-4-15(14)22-9-11-2-1-3-11/h6-8,11,14-15H,1-5,9-10H2,(H,19,20)/t14-,15+/m1/s1. The highest BCUT2D eigenvalue weighted by Crippen LogP contribution is 2.27. The normalized spacial score (nSPS) is 25.5. The van der Waals surface area contributed by atoms with Gasteiger partial charge >= 0.3 is 0 Å². The van der Waals surface area contributed by atoms with Gasteiger partial charge in [0.1, 0.15) is 0 Å². The quantitative estimate of drug-likeness (QED) is 0.903. The Hall–Kier alpha value is -1.17. The molecule has 5 nitrogen and oxygen atoms in total. The summed E-state index contributed by atoms with van der Waals surface area (Å²) in [4.78, 5) is 16.2. The maximum Gasteiger partial charge on any atom is 0.253 e. The Balaban J connectivity index is 1.56. The van der Waals surface area contributed by atoms with E-state index in [0.717, 1.165) is 13.0 Å². The van der Waals surface area contributed by atoms with E-state index in [2.05, 4.69) is 10.3 Å². The Bertz CT molecular complexity index is 522. The number of carbonyl (C=O) groups is 1. The Morgan fingerprint density at radius 1 is 1.41 bits per heavy atom. The van der Waals surface area contributed by atoms with E-state index in [9.17, 15) is 4.79 Å². The van der Waals surface area contributed by atoms with Crippen LogP contribution in [0.15, 0.2) is 18.5 Å². The van der Waals surface area contributed by atoms with Gasteiger partial charge in [-0.1, -0.05) is 18.0 Å². The number of rotatable bonds is 5. The molecule has 2 heterocycles. The predicted molar refractivity (Wildman–Crippen MR) is 83.0 cm³/mol. The summed E-state index contributed by atoms with van der Waals surface area (Å²) < 4.78 is 11.5. The van der Waals surface area contributed by atoms with Gasteiger partial charge in [0, 0.05) is 25.6 Å². The molecule has 1 aliphatic heterocycles. The third-order valence-electron chi connectivity index (χ3n) is 4.35. The first kappa shape index (κ1) is 15.7. The summed E-state index contributed by atoms with van der Waals surface area (Å²) in [5, 5.41) is 3.43. The van der Waals surface area contributed by atoms with Gasteiger partial charge in [0.25, 0.3) is 5.91 Å². The highest BCUT2D eigenvalue weighted by molar-refractivity contribution is 6.30. The minimum absolute atomic E-state index is 0.0189. The zero-order valence-corrected chi connectivity index (χ0v) is 13.2. The Labute approximate surface area is 135 Å². The summed E-state index contributed by atoms with van der Waals surface area (Å²) in [5.41, 5.74) is 0.454. The first-order chi connectivity index (χ1) is 10.7. The molecular formula is C16H21ClN2O3. The van der Waals surface area contributed by atoms with Crippen LogP contribution in [-0.2, 0) is 9.47 Å². The summed E-state index contributed by atoms with van der Waals surface area (Å²) in [7, 11) is 0. The van der Waals surface area contributed by atoms with E-state index in [-0.39, 0.29) is 18.1 Å². The number of nitrogens with one attached hydrogen (secondary N) is 1.